The van der Waals surface area contributed by atoms with Crippen molar-refractivity contribution in [3.8, 4) is 11.8 Å². The Labute approximate surface area is 173 Å². The molecule has 1 aliphatic carbocycles. The van der Waals surface area contributed by atoms with Gasteiger partial charge >= 0.3 is 5.97 Å². The fraction of sp³-hybridized carbons (Fsp3) is 0.333. The van der Waals surface area contributed by atoms with Gasteiger partial charge < -0.3 is 10.1 Å². The van der Waals surface area contributed by atoms with Crippen LogP contribution >= 0.6 is 22.7 Å². The number of nitrogens with one attached hydrogen (secondary N) is 1. The summed E-state index contributed by atoms with van der Waals surface area (Å²) in [5.41, 5.74) is 2.07. The lowest BCUT2D eigenvalue weighted by Gasteiger charge is -2.06. The maximum atomic E-state index is 12.4. The quantitative estimate of drug-likeness (QED) is 0.489. The number of carbonyl (C=O) groups excluding carboxylic acids is 2. The zero-order valence-electron chi connectivity index (χ0n) is 15.3. The summed E-state index contributed by atoms with van der Waals surface area (Å²) in [6.45, 7) is -0.445. The minimum absolute atomic E-state index is 0.297. The second kappa shape index (κ2) is 8.50. The van der Waals surface area contributed by atoms with Crippen LogP contribution in [0, 0.1) is 11.3 Å². The van der Waals surface area contributed by atoms with Crippen LogP contribution in [0.15, 0.2) is 17.8 Å². The van der Waals surface area contributed by atoms with E-state index in [4.69, 9.17) is 4.74 Å². The van der Waals surface area contributed by atoms with Gasteiger partial charge in [0.15, 0.2) is 6.61 Å². The molecule has 3 heterocycles. The van der Waals surface area contributed by atoms with Crippen LogP contribution in [0.1, 0.15) is 44.9 Å². The van der Waals surface area contributed by atoms with Crippen molar-refractivity contribution in [1.82, 2.24) is 20.2 Å². The van der Waals surface area contributed by atoms with Crippen LogP contribution in [0.3, 0.4) is 0 Å². The summed E-state index contributed by atoms with van der Waals surface area (Å²) in [7, 11) is 0. The Bertz CT molecular complexity index is 1080. The predicted octanol–water partition coefficient (Wildman–Crippen LogP) is 2.72. The van der Waals surface area contributed by atoms with Crippen molar-refractivity contribution in [3.63, 3.8) is 0 Å². The summed E-state index contributed by atoms with van der Waals surface area (Å²) in [6, 6.07) is 3.91. The first kappa shape index (κ1) is 19.2. The SMILES string of the molecule is N#Cc1c(NC(=O)COC(=O)c2sccc2-n2cnnn2)sc2c1CCCCC2. The highest BCUT2D eigenvalue weighted by atomic mass is 32.1. The topological polar surface area (TPSA) is 123 Å². The number of nitrogens with zero attached hydrogens (tertiary/aromatic N) is 5. The molecule has 4 rings (SSSR count). The van der Waals surface area contributed by atoms with E-state index in [-0.39, 0.29) is 0 Å². The Morgan fingerprint density at radius 2 is 2.17 bits per heavy atom. The van der Waals surface area contributed by atoms with Gasteiger partial charge in [-0.2, -0.15) is 9.94 Å². The van der Waals surface area contributed by atoms with E-state index in [1.165, 1.54) is 33.7 Å². The molecule has 1 amide bonds. The average Bonchev–Trinajstić information content (AvgIpc) is 3.43. The fourth-order valence-corrected chi connectivity index (χ4v) is 5.24. The third kappa shape index (κ3) is 4.03. The average molecular weight is 428 g/mol. The Balaban J connectivity index is 1.41. The van der Waals surface area contributed by atoms with Crippen LogP contribution in [0.2, 0.25) is 0 Å². The van der Waals surface area contributed by atoms with Crippen molar-refractivity contribution in [1.29, 1.82) is 5.26 Å². The number of amides is 1. The lowest BCUT2D eigenvalue weighted by Crippen LogP contribution is -2.21. The van der Waals surface area contributed by atoms with Gasteiger partial charge in [-0.05, 0) is 53.1 Å². The van der Waals surface area contributed by atoms with E-state index < -0.39 is 18.5 Å². The third-order valence-electron chi connectivity index (χ3n) is 4.55. The van der Waals surface area contributed by atoms with Gasteiger partial charge in [-0.1, -0.05) is 6.42 Å². The fourth-order valence-electron chi connectivity index (χ4n) is 3.22. The minimum Gasteiger partial charge on any atom is -0.451 e. The zero-order valence-corrected chi connectivity index (χ0v) is 16.9. The Morgan fingerprint density at radius 3 is 2.97 bits per heavy atom. The standard InChI is InChI=1S/C18H16N6O3S2/c19-8-12-11-4-2-1-3-5-14(11)29-17(12)21-15(25)9-27-18(26)16-13(6-7-28-16)24-10-20-22-23-24/h6-7,10H,1-5,9H2,(H,21,25). The third-order valence-corrected chi connectivity index (χ3v) is 6.64. The predicted molar refractivity (Wildman–Crippen MR) is 106 cm³/mol. The van der Waals surface area contributed by atoms with Crippen molar-refractivity contribution >= 4 is 39.6 Å². The Kier molecular flexibility index (Phi) is 5.64. The molecule has 0 saturated heterocycles. The lowest BCUT2D eigenvalue weighted by molar-refractivity contribution is -0.119. The maximum Gasteiger partial charge on any atom is 0.351 e. The highest BCUT2D eigenvalue weighted by Crippen LogP contribution is 2.36. The van der Waals surface area contributed by atoms with Crippen LogP contribution in [-0.2, 0) is 22.4 Å². The number of esters is 1. The summed E-state index contributed by atoms with van der Waals surface area (Å²) >= 11 is 2.62. The summed E-state index contributed by atoms with van der Waals surface area (Å²) in [5.74, 6) is -1.12. The van der Waals surface area contributed by atoms with E-state index in [0.717, 1.165) is 42.5 Å². The monoisotopic (exact) mass is 428 g/mol. The smallest absolute Gasteiger partial charge is 0.351 e. The maximum absolute atomic E-state index is 12.4. The molecule has 0 fully saturated rings. The van der Waals surface area contributed by atoms with Gasteiger partial charge in [0, 0.05) is 4.88 Å². The molecule has 1 aliphatic rings. The van der Waals surface area contributed by atoms with E-state index in [9.17, 15) is 14.9 Å². The van der Waals surface area contributed by atoms with E-state index in [2.05, 4.69) is 26.9 Å². The van der Waals surface area contributed by atoms with E-state index in [0.29, 0.717) is 21.1 Å². The number of ether oxygens (including phenoxy) is 1. The first-order valence-corrected chi connectivity index (χ1v) is 10.7. The molecule has 3 aromatic heterocycles. The normalized spacial score (nSPS) is 13.2. The van der Waals surface area contributed by atoms with Gasteiger partial charge in [0.05, 0.1) is 11.3 Å². The minimum atomic E-state index is -0.636. The molecule has 0 aromatic carbocycles. The van der Waals surface area contributed by atoms with Crippen LogP contribution in [-0.4, -0.2) is 38.7 Å². The largest absolute Gasteiger partial charge is 0.451 e. The number of hydrogen-bond acceptors (Lipinski definition) is 9. The number of anilines is 1. The number of carbonyl (C=O) groups is 2. The molecule has 0 aliphatic heterocycles. The number of aromatic nitrogens is 4. The number of rotatable bonds is 5. The van der Waals surface area contributed by atoms with Crippen molar-refractivity contribution in [2.75, 3.05) is 11.9 Å². The summed E-state index contributed by atoms with van der Waals surface area (Å²) in [4.78, 5) is 26.2. The molecular formula is C18H16N6O3S2. The molecule has 0 saturated carbocycles. The van der Waals surface area contributed by atoms with Crippen LogP contribution in [0.4, 0.5) is 5.00 Å². The van der Waals surface area contributed by atoms with Gasteiger partial charge in [0.1, 0.15) is 22.3 Å². The number of thiophene rings is 2. The molecular weight excluding hydrogens is 412 g/mol. The molecule has 0 atom stereocenters. The molecule has 148 valence electrons. The van der Waals surface area contributed by atoms with Gasteiger partial charge in [-0.15, -0.1) is 27.8 Å². The van der Waals surface area contributed by atoms with Crippen molar-refractivity contribution in [3.05, 3.63) is 38.7 Å². The molecule has 0 bridgehead atoms. The molecule has 9 nitrogen and oxygen atoms in total. The van der Waals surface area contributed by atoms with E-state index in [1.807, 2.05) is 0 Å². The highest BCUT2D eigenvalue weighted by Gasteiger charge is 2.22. The van der Waals surface area contributed by atoms with Crippen LogP contribution in [0.25, 0.3) is 5.69 Å². The summed E-state index contributed by atoms with van der Waals surface area (Å²) in [6.07, 6.45) is 6.45. The first-order valence-electron chi connectivity index (χ1n) is 9.00. The van der Waals surface area contributed by atoms with E-state index in [1.54, 1.807) is 11.4 Å². The number of fused-ring (bicyclic) bond motifs is 1. The number of hydrogen-bond donors (Lipinski definition) is 1. The molecule has 3 aromatic rings. The van der Waals surface area contributed by atoms with Crippen LogP contribution in [0.5, 0.6) is 0 Å². The molecule has 29 heavy (non-hydrogen) atoms. The number of tetrazole rings is 1. The van der Waals surface area contributed by atoms with Gasteiger partial charge in [0.2, 0.25) is 0 Å². The molecule has 0 unspecified atom stereocenters. The lowest BCUT2D eigenvalue weighted by atomic mass is 10.1. The summed E-state index contributed by atoms with van der Waals surface area (Å²) in [5, 5.41) is 25.4. The second-order valence-electron chi connectivity index (χ2n) is 6.39. The number of aryl methyl sites for hydroxylation is 1. The Hall–Kier alpha value is -3.10. The van der Waals surface area contributed by atoms with Crippen molar-refractivity contribution in [2.24, 2.45) is 0 Å². The van der Waals surface area contributed by atoms with Gasteiger partial charge in [-0.25, -0.2) is 4.79 Å². The molecule has 0 radical (unpaired) electrons. The molecule has 1 N–H and O–H groups in total. The Morgan fingerprint density at radius 1 is 1.31 bits per heavy atom. The zero-order chi connectivity index (χ0) is 20.2. The van der Waals surface area contributed by atoms with Crippen molar-refractivity contribution < 1.29 is 14.3 Å². The molecule has 0 spiro atoms. The highest BCUT2D eigenvalue weighted by molar-refractivity contribution is 7.16. The summed E-state index contributed by atoms with van der Waals surface area (Å²) < 4.78 is 6.51. The second-order valence-corrected chi connectivity index (χ2v) is 8.42. The van der Waals surface area contributed by atoms with E-state index >= 15 is 0 Å². The van der Waals surface area contributed by atoms with Crippen LogP contribution < -0.4 is 5.32 Å². The van der Waals surface area contributed by atoms with Crippen molar-refractivity contribution in [2.45, 2.75) is 32.1 Å². The number of nitriles is 1. The first-order chi connectivity index (χ1) is 14.2. The van der Waals surface area contributed by atoms with Gasteiger partial charge in [0.25, 0.3) is 5.91 Å². The van der Waals surface area contributed by atoms with Gasteiger partial charge in [-0.3, -0.25) is 4.79 Å². The molecule has 11 heteroatoms.